The second-order valence-electron chi connectivity index (χ2n) is 5.30. The van der Waals surface area contributed by atoms with Crippen LogP contribution in [0.3, 0.4) is 0 Å². The molecule has 2 aromatic heterocycles. The van der Waals surface area contributed by atoms with Crippen molar-refractivity contribution in [1.82, 2.24) is 15.0 Å². The Labute approximate surface area is 148 Å². The molecule has 0 amide bonds. The van der Waals surface area contributed by atoms with E-state index in [0.29, 0.717) is 23.2 Å². The SMILES string of the molecule is COc1ncc(-c2ccc(OC(F)F)cc2)cc1Nc1ccnc(C)n1. The van der Waals surface area contributed by atoms with E-state index in [-0.39, 0.29) is 5.75 Å². The second kappa shape index (κ2) is 7.73. The molecule has 26 heavy (non-hydrogen) atoms. The fourth-order valence-electron chi connectivity index (χ4n) is 2.35. The molecule has 0 radical (unpaired) electrons. The van der Waals surface area contributed by atoms with Crippen molar-refractivity contribution in [2.75, 3.05) is 12.4 Å². The van der Waals surface area contributed by atoms with Crippen molar-refractivity contribution in [2.45, 2.75) is 13.5 Å². The van der Waals surface area contributed by atoms with Gasteiger partial charge in [0, 0.05) is 18.0 Å². The summed E-state index contributed by atoms with van der Waals surface area (Å²) >= 11 is 0. The summed E-state index contributed by atoms with van der Waals surface area (Å²) in [6.45, 7) is -1.06. The maximum Gasteiger partial charge on any atom is 0.387 e. The van der Waals surface area contributed by atoms with Crippen LogP contribution in [-0.4, -0.2) is 28.7 Å². The number of hydrogen-bond acceptors (Lipinski definition) is 6. The fourth-order valence-corrected chi connectivity index (χ4v) is 2.35. The van der Waals surface area contributed by atoms with Gasteiger partial charge in [-0.1, -0.05) is 12.1 Å². The van der Waals surface area contributed by atoms with Crippen molar-refractivity contribution < 1.29 is 18.3 Å². The molecular formula is C18H16F2N4O2. The van der Waals surface area contributed by atoms with Crippen molar-refractivity contribution in [3.8, 4) is 22.8 Å². The highest BCUT2D eigenvalue weighted by Crippen LogP contribution is 2.31. The molecule has 0 atom stereocenters. The zero-order valence-corrected chi connectivity index (χ0v) is 14.1. The van der Waals surface area contributed by atoms with E-state index < -0.39 is 6.61 Å². The highest BCUT2D eigenvalue weighted by atomic mass is 19.3. The van der Waals surface area contributed by atoms with Gasteiger partial charge in [-0.15, -0.1) is 0 Å². The standard InChI is InChI=1S/C18H16F2N4O2/c1-11-21-8-7-16(23-11)24-15-9-13(10-22-17(15)25-2)12-3-5-14(6-4-12)26-18(19)20/h3-10,18H,1-2H3,(H,21,23,24). The van der Waals surface area contributed by atoms with Crippen LogP contribution >= 0.6 is 0 Å². The average Bonchev–Trinajstić information content (AvgIpc) is 2.62. The van der Waals surface area contributed by atoms with Gasteiger partial charge in [0.25, 0.3) is 0 Å². The van der Waals surface area contributed by atoms with E-state index in [1.165, 1.54) is 19.2 Å². The first-order valence-corrected chi connectivity index (χ1v) is 7.71. The van der Waals surface area contributed by atoms with Crippen molar-refractivity contribution in [2.24, 2.45) is 0 Å². The van der Waals surface area contributed by atoms with Gasteiger partial charge < -0.3 is 14.8 Å². The van der Waals surface area contributed by atoms with Gasteiger partial charge in [-0.05, 0) is 36.8 Å². The summed E-state index contributed by atoms with van der Waals surface area (Å²) in [4.78, 5) is 12.6. The average molecular weight is 358 g/mol. The summed E-state index contributed by atoms with van der Waals surface area (Å²) in [5.41, 5.74) is 2.20. The zero-order chi connectivity index (χ0) is 18.5. The molecule has 134 valence electrons. The minimum atomic E-state index is -2.85. The van der Waals surface area contributed by atoms with Gasteiger partial charge in [0.05, 0.1) is 7.11 Å². The molecular weight excluding hydrogens is 342 g/mol. The van der Waals surface area contributed by atoms with Crippen molar-refractivity contribution in [1.29, 1.82) is 0 Å². The normalized spacial score (nSPS) is 10.7. The Kier molecular flexibility index (Phi) is 5.21. The molecule has 8 heteroatoms. The van der Waals surface area contributed by atoms with Gasteiger partial charge in [-0.2, -0.15) is 8.78 Å². The summed E-state index contributed by atoms with van der Waals surface area (Å²) in [6, 6.07) is 9.89. The summed E-state index contributed by atoms with van der Waals surface area (Å²) in [5.74, 6) is 1.74. The molecule has 2 heterocycles. The van der Waals surface area contributed by atoms with E-state index >= 15 is 0 Å². The lowest BCUT2D eigenvalue weighted by Crippen LogP contribution is -2.01. The lowest BCUT2D eigenvalue weighted by Gasteiger charge is -2.12. The molecule has 1 aromatic carbocycles. The number of pyridine rings is 1. The van der Waals surface area contributed by atoms with Crippen LogP contribution in [0.5, 0.6) is 11.6 Å². The Morgan fingerprint density at radius 1 is 1.04 bits per heavy atom. The smallest absolute Gasteiger partial charge is 0.387 e. The molecule has 0 unspecified atom stereocenters. The van der Waals surface area contributed by atoms with E-state index in [1.54, 1.807) is 37.5 Å². The molecule has 1 N–H and O–H groups in total. The van der Waals surface area contributed by atoms with Crippen molar-refractivity contribution in [3.63, 3.8) is 0 Å². The van der Waals surface area contributed by atoms with Crippen LogP contribution in [0.2, 0.25) is 0 Å². The topological polar surface area (TPSA) is 69.2 Å². The number of hydrogen-bond donors (Lipinski definition) is 1. The number of aromatic nitrogens is 3. The maximum atomic E-state index is 12.3. The van der Waals surface area contributed by atoms with E-state index in [2.05, 4.69) is 25.0 Å². The molecule has 0 aliphatic carbocycles. The van der Waals surface area contributed by atoms with Gasteiger partial charge in [-0.3, -0.25) is 0 Å². The number of methoxy groups -OCH3 is 1. The van der Waals surface area contributed by atoms with E-state index in [4.69, 9.17) is 4.74 Å². The Balaban J connectivity index is 1.89. The van der Waals surface area contributed by atoms with Crippen LogP contribution < -0.4 is 14.8 Å². The molecule has 0 aliphatic heterocycles. The van der Waals surface area contributed by atoms with Gasteiger partial charge in [0.15, 0.2) is 0 Å². The molecule has 0 spiro atoms. The summed E-state index contributed by atoms with van der Waals surface area (Å²) in [5, 5.41) is 3.15. The Bertz CT molecular complexity index is 889. The van der Waals surface area contributed by atoms with E-state index in [0.717, 1.165) is 11.1 Å². The maximum absolute atomic E-state index is 12.3. The van der Waals surface area contributed by atoms with E-state index in [1.807, 2.05) is 6.07 Å². The number of benzene rings is 1. The number of nitrogens with one attached hydrogen (secondary N) is 1. The highest BCUT2D eigenvalue weighted by molar-refractivity contribution is 5.72. The number of aryl methyl sites for hydroxylation is 1. The Hall–Kier alpha value is -3.29. The number of anilines is 2. The van der Waals surface area contributed by atoms with Crippen LogP contribution in [0.4, 0.5) is 20.3 Å². The monoisotopic (exact) mass is 358 g/mol. The largest absolute Gasteiger partial charge is 0.480 e. The Morgan fingerprint density at radius 3 is 2.46 bits per heavy atom. The third-order valence-electron chi connectivity index (χ3n) is 3.50. The molecule has 0 aliphatic rings. The van der Waals surface area contributed by atoms with Crippen LogP contribution in [0.15, 0.2) is 48.8 Å². The lowest BCUT2D eigenvalue weighted by molar-refractivity contribution is -0.0498. The van der Waals surface area contributed by atoms with Gasteiger partial charge >= 0.3 is 6.61 Å². The predicted molar refractivity (Wildman–Crippen MR) is 92.9 cm³/mol. The van der Waals surface area contributed by atoms with Crippen LogP contribution in [0, 0.1) is 6.92 Å². The molecule has 0 saturated heterocycles. The second-order valence-corrected chi connectivity index (χ2v) is 5.30. The van der Waals surface area contributed by atoms with Gasteiger partial charge in [0.2, 0.25) is 5.88 Å². The number of nitrogens with zero attached hydrogens (tertiary/aromatic N) is 3. The molecule has 6 nitrogen and oxygen atoms in total. The molecule has 0 fully saturated rings. The van der Waals surface area contributed by atoms with Crippen LogP contribution in [0.1, 0.15) is 5.82 Å². The first-order valence-electron chi connectivity index (χ1n) is 7.71. The molecule has 0 bridgehead atoms. The fraction of sp³-hybridized carbons (Fsp3) is 0.167. The van der Waals surface area contributed by atoms with E-state index in [9.17, 15) is 8.78 Å². The molecule has 0 saturated carbocycles. The lowest BCUT2D eigenvalue weighted by atomic mass is 10.1. The van der Waals surface area contributed by atoms with Crippen LogP contribution in [0.25, 0.3) is 11.1 Å². The number of ether oxygens (including phenoxy) is 2. The summed E-state index contributed by atoms with van der Waals surface area (Å²) < 4.78 is 34.1. The first-order chi connectivity index (χ1) is 12.5. The minimum Gasteiger partial charge on any atom is -0.480 e. The number of rotatable bonds is 6. The predicted octanol–water partition coefficient (Wildman–Crippen LogP) is 4.20. The summed E-state index contributed by atoms with van der Waals surface area (Å²) in [7, 11) is 1.52. The quantitative estimate of drug-likeness (QED) is 0.712. The number of halogens is 2. The van der Waals surface area contributed by atoms with Gasteiger partial charge in [-0.25, -0.2) is 15.0 Å². The molecule has 3 aromatic rings. The Morgan fingerprint density at radius 2 is 1.81 bits per heavy atom. The third-order valence-corrected chi connectivity index (χ3v) is 3.50. The highest BCUT2D eigenvalue weighted by Gasteiger charge is 2.10. The van der Waals surface area contributed by atoms with Crippen LogP contribution in [-0.2, 0) is 0 Å². The first kappa shape index (κ1) is 17.5. The number of alkyl halides is 2. The zero-order valence-electron chi connectivity index (χ0n) is 14.1. The summed E-state index contributed by atoms with van der Waals surface area (Å²) in [6.07, 6.45) is 3.29. The van der Waals surface area contributed by atoms with Crippen molar-refractivity contribution >= 4 is 11.5 Å². The minimum absolute atomic E-state index is 0.0973. The van der Waals surface area contributed by atoms with Crippen molar-refractivity contribution in [3.05, 3.63) is 54.6 Å². The van der Waals surface area contributed by atoms with Gasteiger partial charge in [0.1, 0.15) is 23.1 Å². The molecule has 3 rings (SSSR count). The third kappa shape index (κ3) is 4.21.